The zero-order chi connectivity index (χ0) is 59.2. The Balaban J connectivity index is 4.10. The van der Waals surface area contributed by atoms with Gasteiger partial charge in [0.15, 0.2) is 6.10 Å². The molecule has 82 heavy (non-hydrogen) atoms. The highest BCUT2D eigenvalue weighted by Gasteiger charge is 2.19. The summed E-state index contributed by atoms with van der Waals surface area (Å²) in [5.74, 6) is -0.911. The zero-order valence-corrected chi connectivity index (χ0v) is 54.0. The van der Waals surface area contributed by atoms with Gasteiger partial charge < -0.3 is 14.2 Å². The Morgan fingerprint density at radius 2 is 0.476 bits per heavy atom. The maximum Gasteiger partial charge on any atom is 0.306 e. The van der Waals surface area contributed by atoms with Crippen molar-refractivity contribution in [3.8, 4) is 0 Å². The molecule has 1 atom stereocenters. The molecule has 470 valence electrons. The van der Waals surface area contributed by atoms with E-state index in [9.17, 15) is 14.4 Å². The van der Waals surface area contributed by atoms with Gasteiger partial charge in [-0.1, -0.05) is 316 Å². The molecule has 0 N–H and O–H groups in total. The van der Waals surface area contributed by atoms with Crippen LogP contribution in [0.25, 0.3) is 0 Å². The molecule has 0 saturated heterocycles. The average Bonchev–Trinajstić information content (AvgIpc) is 3.47. The standard InChI is InChI=1S/C76H130O6/c1-4-7-10-13-16-18-20-22-24-26-28-30-32-34-36-38-40-42-44-46-48-50-52-54-56-58-60-63-66-69-75(78)81-72-73(71-80-74(77)68-65-62-15-12-9-6-3)82-76(79)70-67-64-61-59-57-55-53-51-49-47-45-43-41-39-37-35-33-31-29-27-25-23-21-19-17-14-11-8-5-2/h7,10,16,18,22,24,27-30,34,36,40,42,46,48,52,54,73H,4-6,8-9,11-15,17,19-21,23,25-26,31-33,35,37-39,41,43-45,47,49-51,53,55-72H2,1-3H3/b10-7-,18-16-,24-22-,29-27-,30-28-,36-34-,42-40-,48-46-,54-52-. The second-order valence-electron chi connectivity index (χ2n) is 23.1. The van der Waals surface area contributed by atoms with Gasteiger partial charge in [-0.15, -0.1) is 0 Å². The SMILES string of the molecule is CC/C=C\C/C=C\C/C=C\C/C=C\C/C=C\C/C=C\C/C=C\C/C=C\CCCCCCC(=O)OCC(COC(=O)CCCCCCCC)OC(=O)CCCCCCCCCCCCCCCCCCC/C=C\CCCCCCCCCC. The van der Waals surface area contributed by atoms with Crippen LogP contribution in [-0.4, -0.2) is 37.2 Å². The van der Waals surface area contributed by atoms with E-state index in [0.29, 0.717) is 19.3 Å². The van der Waals surface area contributed by atoms with Gasteiger partial charge in [-0.25, -0.2) is 0 Å². The fourth-order valence-electron chi connectivity index (χ4n) is 9.81. The summed E-state index contributed by atoms with van der Waals surface area (Å²) < 4.78 is 16.8. The van der Waals surface area contributed by atoms with E-state index in [0.717, 1.165) is 122 Å². The first-order valence-electron chi connectivity index (χ1n) is 34.9. The van der Waals surface area contributed by atoms with E-state index in [-0.39, 0.29) is 31.1 Å². The van der Waals surface area contributed by atoms with Gasteiger partial charge in [-0.05, 0) is 109 Å². The number of hydrogen-bond donors (Lipinski definition) is 0. The molecule has 0 saturated carbocycles. The number of carbonyl (C=O) groups excluding carboxylic acids is 3. The lowest BCUT2D eigenvalue weighted by molar-refractivity contribution is -0.167. The van der Waals surface area contributed by atoms with E-state index in [2.05, 4.69) is 130 Å². The van der Waals surface area contributed by atoms with Crippen molar-refractivity contribution in [1.29, 1.82) is 0 Å². The molecule has 0 aliphatic heterocycles. The molecule has 0 heterocycles. The van der Waals surface area contributed by atoms with E-state index < -0.39 is 6.10 Å². The number of allylic oxidation sites excluding steroid dienone is 18. The number of ether oxygens (including phenoxy) is 3. The lowest BCUT2D eigenvalue weighted by Crippen LogP contribution is -2.30. The summed E-state index contributed by atoms with van der Waals surface area (Å²) in [6, 6.07) is 0. The third-order valence-corrected chi connectivity index (χ3v) is 15.0. The van der Waals surface area contributed by atoms with Crippen molar-refractivity contribution in [3.05, 3.63) is 109 Å². The maximum atomic E-state index is 12.9. The van der Waals surface area contributed by atoms with Gasteiger partial charge in [0.05, 0.1) is 0 Å². The van der Waals surface area contributed by atoms with Gasteiger partial charge in [-0.3, -0.25) is 14.4 Å². The lowest BCUT2D eigenvalue weighted by Gasteiger charge is -2.18. The van der Waals surface area contributed by atoms with Crippen molar-refractivity contribution in [3.63, 3.8) is 0 Å². The third-order valence-electron chi connectivity index (χ3n) is 15.0. The summed E-state index contributed by atoms with van der Waals surface area (Å²) in [6.45, 7) is 6.47. The van der Waals surface area contributed by atoms with Crippen molar-refractivity contribution >= 4 is 17.9 Å². The first-order valence-corrected chi connectivity index (χ1v) is 34.9. The number of carbonyl (C=O) groups is 3. The van der Waals surface area contributed by atoms with Gasteiger partial charge in [0.1, 0.15) is 13.2 Å². The number of hydrogen-bond acceptors (Lipinski definition) is 6. The summed E-state index contributed by atoms with van der Waals surface area (Å²) in [6.07, 6.45) is 95.9. The van der Waals surface area contributed by atoms with Gasteiger partial charge in [-0.2, -0.15) is 0 Å². The van der Waals surface area contributed by atoms with Crippen molar-refractivity contribution in [1.82, 2.24) is 0 Å². The predicted molar refractivity (Wildman–Crippen MR) is 357 cm³/mol. The van der Waals surface area contributed by atoms with Crippen LogP contribution < -0.4 is 0 Å². The van der Waals surface area contributed by atoms with E-state index in [1.54, 1.807) is 0 Å². The van der Waals surface area contributed by atoms with E-state index in [4.69, 9.17) is 14.2 Å². The smallest absolute Gasteiger partial charge is 0.306 e. The second kappa shape index (κ2) is 69.6. The van der Waals surface area contributed by atoms with E-state index in [1.165, 1.54) is 173 Å². The van der Waals surface area contributed by atoms with E-state index in [1.807, 2.05) is 0 Å². The molecule has 6 nitrogen and oxygen atoms in total. The highest BCUT2D eigenvalue weighted by atomic mass is 16.6. The minimum atomic E-state index is -0.787. The Bertz CT molecular complexity index is 1640. The number of esters is 3. The molecule has 0 spiro atoms. The topological polar surface area (TPSA) is 78.9 Å². The fraction of sp³-hybridized carbons (Fsp3) is 0.724. The van der Waals surface area contributed by atoms with Crippen LogP contribution in [0, 0.1) is 0 Å². The number of unbranched alkanes of at least 4 members (excludes halogenated alkanes) is 34. The first kappa shape index (κ1) is 78.1. The largest absolute Gasteiger partial charge is 0.462 e. The van der Waals surface area contributed by atoms with Crippen molar-refractivity contribution in [2.24, 2.45) is 0 Å². The summed E-state index contributed by atoms with van der Waals surface area (Å²) >= 11 is 0. The molecule has 0 fully saturated rings. The normalized spacial score (nSPS) is 12.8. The molecule has 1 unspecified atom stereocenters. The van der Waals surface area contributed by atoms with Crippen LogP contribution in [0.4, 0.5) is 0 Å². The fourth-order valence-corrected chi connectivity index (χ4v) is 9.81. The maximum absolute atomic E-state index is 12.9. The molecule has 0 aromatic heterocycles. The molecule has 0 radical (unpaired) electrons. The van der Waals surface area contributed by atoms with Crippen LogP contribution in [-0.2, 0) is 28.6 Å². The van der Waals surface area contributed by atoms with Crippen molar-refractivity contribution in [2.45, 2.75) is 341 Å². The zero-order valence-electron chi connectivity index (χ0n) is 54.0. The molecule has 0 aliphatic carbocycles. The van der Waals surface area contributed by atoms with Crippen LogP contribution in [0.15, 0.2) is 109 Å². The highest BCUT2D eigenvalue weighted by molar-refractivity contribution is 5.71. The summed E-state index contributed by atoms with van der Waals surface area (Å²) in [5.41, 5.74) is 0. The van der Waals surface area contributed by atoms with Gasteiger partial charge in [0.25, 0.3) is 0 Å². The van der Waals surface area contributed by atoms with Gasteiger partial charge in [0.2, 0.25) is 0 Å². The van der Waals surface area contributed by atoms with Crippen molar-refractivity contribution in [2.75, 3.05) is 13.2 Å². The molecular formula is C76H130O6. The Morgan fingerprint density at radius 3 is 0.756 bits per heavy atom. The van der Waals surface area contributed by atoms with Crippen LogP contribution in [0.1, 0.15) is 335 Å². The molecule has 0 aliphatic rings. The highest BCUT2D eigenvalue weighted by Crippen LogP contribution is 2.17. The lowest BCUT2D eigenvalue weighted by atomic mass is 10.0. The summed E-state index contributed by atoms with van der Waals surface area (Å²) in [5, 5.41) is 0. The average molecular weight is 1140 g/mol. The van der Waals surface area contributed by atoms with Gasteiger partial charge >= 0.3 is 17.9 Å². The molecule has 0 bridgehead atoms. The molecule has 0 aromatic rings. The molecule has 0 rings (SSSR count). The number of rotatable bonds is 63. The Labute approximate surface area is 508 Å². The Hall–Kier alpha value is -3.93. The van der Waals surface area contributed by atoms with E-state index >= 15 is 0 Å². The van der Waals surface area contributed by atoms with Crippen LogP contribution >= 0.6 is 0 Å². The van der Waals surface area contributed by atoms with Crippen molar-refractivity contribution < 1.29 is 28.6 Å². The van der Waals surface area contributed by atoms with Crippen LogP contribution in [0.3, 0.4) is 0 Å². The van der Waals surface area contributed by atoms with Crippen LogP contribution in [0.2, 0.25) is 0 Å². The Morgan fingerprint density at radius 1 is 0.256 bits per heavy atom. The summed E-state index contributed by atoms with van der Waals surface area (Å²) in [4.78, 5) is 38.1. The predicted octanol–water partition coefficient (Wildman–Crippen LogP) is 24.2. The quantitative estimate of drug-likeness (QED) is 0.0261. The second-order valence-corrected chi connectivity index (χ2v) is 23.1. The Kier molecular flexibility index (Phi) is 66.2. The molecule has 6 heteroatoms. The molecule has 0 aromatic carbocycles. The molecule has 0 amide bonds. The monoisotopic (exact) mass is 1140 g/mol. The first-order chi connectivity index (χ1) is 40.5. The molecular weight excluding hydrogens is 1010 g/mol. The minimum absolute atomic E-state index is 0.0849. The summed E-state index contributed by atoms with van der Waals surface area (Å²) in [7, 11) is 0. The van der Waals surface area contributed by atoms with Crippen LogP contribution in [0.5, 0.6) is 0 Å². The third kappa shape index (κ3) is 66.9. The van der Waals surface area contributed by atoms with Gasteiger partial charge in [0, 0.05) is 19.3 Å². The minimum Gasteiger partial charge on any atom is -0.462 e.